The molecule has 0 aromatic carbocycles. The SMILES string of the molecule is CC1=CC=C(C)C2C1CC(C)C2[Si](C)(C)N1CCNCC1. The molecule has 2 aliphatic carbocycles. The smallest absolute Gasteiger partial charge is 0.126 e. The molecule has 21 heavy (non-hydrogen) atoms. The van der Waals surface area contributed by atoms with E-state index < -0.39 is 8.24 Å². The summed E-state index contributed by atoms with van der Waals surface area (Å²) in [6.45, 7) is 17.4. The first-order chi connectivity index (χ1) is 9.93. The molecular weight excluding hydrogens is 272 g/mol. The zero-order valence-corrected chi connectivity index (χ0v) is 15.4. The van der Waals surface area contributed by atoms with Crippen molar-refractivity contribution in [2.75, 3.05) is 26.2 Å². The fourth-order valence-electron chi connectivity index (χ4n) is 5.45. The topological polar surface area (TPSA) is 15.3 Å². The van der Waals surface area contributed by atoms with Gasteiger partial charge in [-0.05, 0) is 43.6 Å². The summed E-state index contributed by atoms with van der Waals surface area (Å²) in [5, 5.41) is 3.52. The molecule has 0 radical (unpaired) electrons. The van der Waals surface area contributed by atoms with Crippen LogP contribution in [0.3, 0.4) is 0 Å². The molecule has 0 spiro atoms. The first-order valence-electron chi connectivity index (χ1n) is 8.73. The quantitative estimate of drug-likeness (QED) is 0.784. The first kappa shape index (κ1) is 15.5. The van der Waals surface area contributed by atoms with Crippen LogP contribution in [0.1, 0.15) is 27.2 Å². The summed E-state index contributed by atoms with van der Waals surface area (Å²) in [5.74, 6) is 2.52. The minimum absolute atomic E-state index is 0.821. The zero-order valence-electron chi connectivity index (χ0n) is 14.4. The van der Waals surface area contributed by atoms with Crippen LogP contribution in [-0.4, -0.2) is 39.0 Å². The molecule has 3 heteroatoms. The van der Waals surface area contributed by atoms with Crippen LogP contribution in [0.5, 0.6) is 0 Å². The van der Waals surface area contributed by atoms with E-state index in [1.54, 1.807) is 11.1 Å². The highest BCUT2D eigenvalue weighted by Crippen LogP contribution is 2.57. The minimum atomic E-state index is -1.39. The van der Waals surface area contributed by atoms with Crippen molar-refractivity contribution in [2.45, 2.75) is 45.8 Å². The molecule has 1 heterocycles. The average Bonchev–Trinajstić information content (AvgIpc) is 2.83. The van der Waals surface area contributed by atoms with Gasteiger partial charge in [0.15, 0.2) is 0 Å². The van der Waals surface area contributed by atoms with Gasteiger partial charge in [0.05, 0.1) is 0 Å². The van der Waals surface area contributed by atoms with Crippen molar-refractivity contribution in [3.63, 3.8) is 0 Å². The molecular formula is C18H32N2Si. The lowest BCUT2D eigenvalue weighted by atomic mass is 9.81. The zero-order chi connectivity index (χ0) is 15.2. The Morgan fingerprint density at radius 3 is 2.38 bits per heavy atom. The largest absolute Gasteiger partial charge is 0.321 e. The highest BCUT2D eigenvalue weighted by atomic mass is 28.3. The van der Waals surface area contributed by atoms with Crippen LogP contribution in [0.15, 0.2) is 23.3 Å². The van der Waals surface area contributed by atoms with E-state index in [4.69, 9.17) is 0 Å². The van der Waals surface area contributed by atoms with E-state index in [0.29, 0.717) is 0 Å². The Kier molecular flexibility index (Phi) is 4.19. The number of fused-ring (bicyclic) bond motifs is 1. The molecule has 1 aliphatic heterocycles. The Morgan fingerprint density at radius 1 is 1.10 bits per heavy atom. The summed E-state index contributed by atoms with van der Waals surface area (Å²) < 4.78 is 2.88. The highest BCUT2D eigenvalue weighted by molar-refractivity contribution is 6.76. The Balaban J connectivity index is 1.90. The second-order valence-electron chi connectivity index (χ2n) is 8.08. The summed E-state index contributed by atoms with van der Waals surface area (Å²) in [4.78, 5) is 0. The molecule has 0 amide bonds. The van der Waals surface area contributed by atoms with Crippen molar-refractivity contribution in [3.8, 4) is 0 Å². The van der Waals surface area contributed by atoms with Gasteiger partial charge in [-0.2, -0.15) is 0 Å². The van der Waals surface area contributed by atoms with Gasteiger partial charge in [0, 0.05) is 26.2 Å². The summed E-state index contributed by atoms with van der Waals surface area (Å²) in [6.07, 6.45) is 6.19. The third-order valence-corrected chi connectivity index (χ3v) is 11.2. The van der Waals surface area contributed by atoms with E-state index in [1.165, 1.54) is 32.6 Å². The molecule has 2 fully saturated rings. The number of piperazine rings is 1. The number of hydrogen-bond acceptors (Lipinski definition) is 2. The van der Waals surface area contributed by atoms with Crippen LogP contribution in [0.2, 0.25) is 18.6 Å². The maximum absolute atomic E-state index is 3.52. The second-order valence-corrected chi connectivity index (χ2v) is 12.7. The average molecular weight is 305 g/mol. The Bertz CT molecular complexity index is 460. The molecule has 1 saturated carbocycles. The minimum Gasteiger partial charge on any atom is -0.321 e. The molecule has 0 bridgehead atoms. The number of nitrogens with one attached hydrogen (secondary N) is 1. The van der Waals surface area contributed by atoms with E-state index in [1.807, 2.05) is 0 Å². The summed E-state index contributed by atoms with van der Waals surface area (Å²) in [7, 11) is -1.39. The van der Waals surface area contributed by atoms with E-state index in [-0.39, 0.29) is 0 Å². The molecule has 3 aliphatic rings. The van der Waals surface area contributed by atoms with E-state index >= 15 is 0 Å². The lowest BCUT2D eigenvalue weighted by Gasteiger charge is -2.47. The lowest BCUT2D eigenvalue weighted by molar-refractivity contribution is 0.339. The number of rotatable bonds is 2. The number of allylic oxidation sites excluding steroid dienone is 4. The predicted molar refractivity (Wildman–Crippen MR) is 93.9 cm³/mol. The molecule has 4 unspecified atom stereocenters. The van der Waals surface area contributed by atoms with Gasteiger partial charge in [-0.15, -0.1) is 0 Å². The van der Waals surface area contributed by atoms with Crippen LogP contribution in [0.4, 0.5) is 0 Å². The van der Waals surface area contributed by atoms with Crippen LogP contribution < -0.4 is 5.32 Å². The Labute approximate surface area is 131 Å². The van der Waals surface area contributed by atoms with Crippen LogP contribution in [0, 0.1) is 17.8 Å². The molecule has 1 saturated heterocycles. The maximum Gasteiger partial charge on any atom is 0.126 e. The van der Waals surface area contributed by atoms with E-state index in [2.05, 4.69) is 55.9 Å². The summed E-state index contributed by atoms with van der Waals surface area (Å²) in [6, 6.07) is 0. The standard InChI is InChI=1S/C18H32N2Si/c1-13-6-7-14(2)17-16(13)12-15(3)18(17)21(4,5)20-10-8-19-9-11-20/h6-7,15-19H,8-12H2,1-5H3. The Morgan fingerprint density at radius 2 is 1.71 bits per heavy atom. The Hall–Kier alpha value is -0.383. The molecule has 0 aromatic rings. The third kappa shape index (κ3) is 2.58. The van der Waals surface area contributed by atoms with Crippen LogP contribution >= 0.6 is 0 Å². The number of nitrogens with zero attached hydrogens (tertiary/aromatic N) is 1. The normalized spacial score (nSPS) is 38.0. The van der Waals surface area contributed by atoms with Crippen molar-refractivity contribution < 1.29 is 0 Å². The predicted octanol–water partition coefficient (Wildman–Crippen LogP) is 3.65. The van der Waals surface area contributed by atoms with Gasteiger partial charge in [0.25, 0.3) is 0 Å². The lowest BCUT2D eigenvalue weighted by Crippen LogP contribution is -2.60. The van der Waals surface area contributed by atoms with Gasteiger partial charge in [0.2, 0.25) is 0 Å². The third-order valence-electron chi connectivity index (χ3n) is 6.53. The monoisotopic (exact) mass is 304 g/mol. The van der Waals surface area contributed by atoms with E-state index in [9.17, 15) is 0 Å². The van der Waals surface area contributed by atoms with E-state index in [0.717, 1.165) is 23.3 Å². The van der Waals surface area contributed by atoms with Gasteiger partial charge in [-0.1, -0.05) is 43.3 Å². The molecule has 0 aromatic heterocycles. The second kappa shape index (κ2) is 5.67. The molecule has 1 N–H and O–H groups in total. The van der Waals surface area contributed by atoms with Crippen LogP contribution in [0.25, 0.3) is 0 Å². The fraction of sp³-hybridized carbons (Fsp3) is 0.778. The van der Waals surface area contributed by atoms with Crippen molar-refractivity contribution in [3.05, 3.63) is 23.3 Å². The maximum atomic E-state index is 3.52. The molecule has 4 atom stereocenters. The highest BCUT2D eigenvalue weighted by Gasteiger charge is 2.52. The van der Waals surface area contributed by atoms with Crippen molar-refractivity contribution in [1.29, 1.82) is 0 Å². The number of hydrogen-bond donors (Lipinski definition) is 1. The van der Waals surface area contributed by atoms with Crippen molar-refractivity contribution in [2.24, 2.45) is 17.8 Å². The van der Waals surface area contributed by atoms with Gasteiger partial charge in [0.1, 0.15) is 8.24 Å². The van der Waals surface area contributed by atoms with Gasteiger partial charge < -0.3 is 9.88 Å². The van der Waals surface area contributed by atoms with Gasteiger partial charge >= 0.3 is 0 Å². The molecule has 3 rings (SSSR count). The van der Waals surface area contributed by atoms with Crippen LogP contribution in [-0.2, 0) is 0 Å². The van der Waals surface area contributed by atoms with Gasteiger partial charge in [-0.3, -0.25) is 0 Å². The molecule has 118 valence electrons. The summed E-state index contributed by atoms with van der Waals surface area (Å²) >= 11 is 0. The van der Waals surface area contributed by atoms with Crippen molar-refractivity contribution >= 4 is 8.24 Å². The summed E-state index contributed by atoms with van der Waals surface area (Å²) in [5.41, 5.74) is 4.20. The first-order valence-corrected chi connectivity index (χ1v) is 11.8. The van der Waals surface area contributed by atoms with Crippen molar-refractivity contribution in [1.82, 2.24) is 9.88 Å². The fourth-order valence-corrected chi connectivity index (χ4v) is 10.2. The van der Waals surface area contributed by atoms with Gasteiger partial charge in [-0.25, -0.2) is 0 Å². The molecule has 2 nitrogen and oxygen atoms in total.